The molecule has 1 heterocycles. The van der Waals surface area contributed by atoms with Gasteiger partial charge in [0.05, 0.1) is 0 Å². The maximum Gasteiger partial charge on any atom is 0.134 e. The molecular formula is C22H20O3. The maximum atomic E-state index is 10.2. The van der Waals surface area contributed by atoms with Gasteiger partial charge in [0.15, 0.2) is 0 Å². The molecule has 0 aliphatic heterocycles. The van der Waals surface area contributed by atoms with E-state index in [0.29, 0.717) is 12.8 Å². The molecule has 2 N–H and O–H groups in total. The number of aromatic hydroxyl groups is 1. The number of rotatable bonds is 5. The van der Waals surface area contributed by atoms with E-state index in [9.17, 15) is 5.11 Å². The smallest absolute Gasteiger partial charge is 0.134 e. The minimum Gasteiger partial charge on any atom is -0.508 e. The molecule has 126 valence electrons. The Morgan fingerprint density at radius 1 is 0.920 bits per heavy atom. The molecule has 0 bridgehead atoms. The van der Waals surface area contributed by atoms with E-state index in [1.807, 2.05) is 24.3 Å². The Morgan fingerprint density at radius 3 is 2.44 bits per heavy atom. The average molecular weight is 332 g/mol. The van der Waals surface area contributed by atoms with Crippen LogP contribution in [0.3, 0.4) is 0 Å². The molecule has 1 aromatic heterocycles. The lowest BCUT2D eigenvalue weighted by Crippen LogP contribution is -1.90. The molecule has 1 aliphatic rings. The first-order valence-corrected chi connectivity index (χ1v) is 8.57. The van der Waals surface area contributed by atoms with Crippen molar-refractivity contribution in [1.29, 1.82) is 0 Å². The summed E-state index contributed by atoms with van der Waals surface area (Å²) in [5.74, 6) is 1.79. The summed E-state index contributed by atoms with van der Waals surface area (Å²) in [4.78, 5) is 0. The van der Waals surface area contributed by atoms with Crippen molar-refractivity contribution in [2.24, 2.45) is 0 Å². The van der Waals surface area contributed by atoms with Gasteiger partial charge in [-0.3, -0.25) is 0 Å². The van der Waals surface area contributed by atoms with E-state index < -0.39 is 0 Å². The van der Waals surface area contributed by atoms with Gasteiger partial charge >= 0.3 is 0 Å². The number of furan rings is 1. The maximum absolute atomic E-state index is 10.2. The van der Waals surface area contributed by atoms with Crippen molar-refractivity contribution in [1.82, 2.24) is 0 Å². The Bertz CT molecular complexity index is 934. The van der Waals surface area contributed by atoms with E-state index in [1.54, 1.807) is 6.07 Å². The quantitative estimate of drug-likeness (QED) is 0.705. The fourth-order valence-electron chi connectivity index (χ4n) is 3.25. The predicted molar refractivity (Wildman–Crippen MR) is 99.4 cm³/mol. The van der Waals surface area contributed by atoms with Gasteiger partial charge in [-0.25, -0.2) is 0 Å². The zero-order valence-corrected chi connectivity index (χ0v) is 13.9. The number of phenolic OH excluding ortho intramolecular Hbond substituents is 1. The van der Waals surface area contributed by atoms with Crippen LogP contribution in [-0.4, -0.2) is 16.8 Å². The molecule has 0 fully saturated rings. The topological polar surface area (TPSA) is 53.6 Å². The zero-order chi connectivity index (χ0) is 17.2. The van der Waals surface area contributed by atoms with Crippen LogP contribution in [-0.2, 0) is 12.8 Å². The molecule has 3 nitrogen and oxygen atoms in total. The van der Waals surface area contributed by atoms with E-state index in [4.69, 9.17) is 9.52 Å². The van der Waals surface area contributed by atoms with Crippen molar-refractivity contribution >= 4 is 6.08 Å². The van der Waals surface area contributed by atoms with Crippen molar-refractivity contribution < 1.29 is 14.6 Å². The first kappa shape index (κ1) is 15.7. The summed E-state index contributed by atoms with van der Waals surface area (Å²) in [7, 11) is 0. The number of allylic oxidation sites excluding steroid dienone is 1. The highest BCUT2D eigenvalue weighted by Gasteiger charge is 2.12. The first-order chi connectivity index (χ1) is 12.2. The van der Waals surface area contributed by atoms with Gasteiger partial charge in [-0.1, -0.05) is 36.4 Å². The van der Waals surface area contributed by atoms with Crippen LogP contribution in [0.2, 0.25) is 0 Å². The van der Waals surface area contributed by atoms with Crippen LogP contribution in [0.1, 0.15) is 23.1 Å². The van der Waals surface area contributed by atoms with Crippen LogP contribution < -0.4 is 0 Å². The zero-order valence-electron chi connectivity index (χ0n) is 13.9. The summed E-state index contributed by atoms with van der Waals surface area (Å²) in [6.45, 7) is 0.124. The Balaban J connectivity index is 1.61. The number of aliphatic hydroxyl groups excluding tert-OH is 1. The molecule has 0 unspecified atom stereocenters. The standard InChI is InChI=1S/C22H20O3/c23-12-2-5-16-7-9-19(14-20(16)24)22-11-10-21(25-22)18-8-6-15-3-1-4-17(15)13-18/h1,4,6-11,13-14,23-24H,2-3,5,12H2. The molecule has 4 rings (SSSR count). The van der Waals surface area contributed by atoms with Crippen LogP contribution in [0.5, 0.6) is 5.75 Å². The van der Waals surface area contributed by atoms with Gasteiger partial charge in [0.1, 0.15) is 17.3 Å². The van der Waals surface area contributed by atoms with Gasteiger partial charge < -0.3 is 14.6 Å². The number of aliphatic hydroxyl groups is 1. The van der Waals surface area contributed by atoms with Gasteiger partial charge in [-0.15, -0.1) is 0 Å². The summed E-state index contributed by atoms with van der Waals surface area (Å²) >= 11 is 0. The molecule has 3 heteroatoms. The third-order valence-electron chi connectivity index (χ3n) is 4.65. The van der Waals surface area contributed by atoms with Crippen LogP contribution >= 0.6 is 0 Å². The Hall–Kier alpha value is -2.78. The summed E-state index contributed by atoms with van der Waals surface area (Å²) in [5.41, 5.74) is 5.34. The Morgan fingerprint density at radius 2 is 1.68 bits per heavy atom. The van der Waals surface area contributed by atoms with Gasteiger partial charge in [0.2, 0.25) is 0 Å². The van der Waals surface area contributed by atoms with E-state index >= 15 is 0 Å². The number of phenols is 1. The van der Waals surface area contributed by atoms with Gasteiger partial charge in [-0.2, -0.15) is 0 Å². The minimum absolute atomic E-state index is 0.124. The largest absolute Gasteiger partial charge is 0.508 e. The molecule has 1 aliphatic carbocycles. The summed E-state index contributed by atoms with van der Waals surface area (Å²) in [6.07, 6.45) is 6.62. The lowest BCUT2D eigenvalue weighted by molar-refractivity contribution is 0.288. The number of hydrogen-bond donors (Lipinski definition) is 2. The second kappa shape index (κ2) is 6.61. The lowest BCUT2D eigenvalue weighted by Gasteiger charge is -2.06. The molecule has 0 saturated carbocycles. The monoisotopic (exact) mass is 332 g/mol. The van der Waals surface area contributed by atoms with Crippen LogP contribution in [0.15, 0.2) is 59.0 Å². The van der Waals surface area contributed by atoms with Crippen LogP contribution in [0.4, 0.5) is 0 Å². The van der Waals surface area contributed by atoms with Crippen LogP contribution in [0, 0.1) is 0 Å². The SMILES string of the molecule is OCCCc1ccc(-c2ccc(-c3ccc4c(c3)C=CC4)o2)cc1O. The second-order valence-electron chi connectivity index (χ2n) is 6.35. The molecule has 25 heavy (non-hydrogen) atoms. The van der Waals surface area contributed by atoms with E-state index in [2.05, 4.69) is 30.4 Å². The lowest BCUT2D eigenvalue weighted by atomic mass is 10.0. The summed E-state index contributed by atoms with van der Waals surface area (Å²) < 4.78 is 6.02. The molecule has 2 aromatic carbocycles. The molecule has 0 saturated heterocycles. The van der Waals surface area contributed by atoms with Gasteiger partial charge in [0, 0.05) is 17.7 Å². The third-order valence-corrected chi connectivity index (χ3v) is 4.65. The number of aryl methyl sites for hydroxylation is 1. The normalized spacial score (nSPS) is 12.5. The number of hydrogen-bond acceptors (Lipinski definition) is 3. The molecule has 0 radical (unpaired) electrons. The van der Waals surface area contributed by atoms with E-state index in [1.165, 1.54) is 11.1 Å². The van der Waals surface area contributed by atoms with Crippen molar-refractivity contribution in [3.05, 3.63) is 71.3 Å². The average Bonchev–Trinajstić information content (AvgIpc) is 3.29. The van der Waals surface area contributed by atoms with Crippen molar-refractivity contribution in [2.45, 2.75) is 19.3 Å². The van der Waals surface area contributed by atoms with Gasteiger partial charge in [-0.05, 0) is 60.2 Å². The molecular weight excluding hydrogens is 312 g/mol. The molecule has 0 spiro atoms. The van der Waals surface area contributed by atoms with Gasteiger partial charge in [0.25, 0.3) is 0 Å². The fraction of sp³-hybridized carbons (Fsp3) is 0.182. The third kappa shape index (κ3) is 3.11. The Labute approximate surface area is 146 Å². The van der Waals surface area contributed by atoms with Crippen LogP contribution in [0.25, 0.3) is 28.7 Å². The summed E-state index contributed by atoms with van der Waals surface area (Å²) in [5, 5.41) is 19.1. The highest BCUT2D eigenvalue weighted by atomic mass is 16.3. The minimum atomic E-state index is 0.124. The van der Waals surface area contributed by atoms with E-state index in [-0.39, 0.29) is 12.4 Å². The van der Waals surface area contributed by atoms with E-state index in [0.717, 1.165) is 34.6 Å². The first-order valence-electron chi connectivity index (χ1n) is 8.57. The molecule has 0 atom stereocenters. The second-order valence-corrected chi connectivity index (χ2v) is 6.35. The Kier molecular flexibility index (Phi) is 4.16. The summed E-state index contributed by atoms with van der Waals surface area (Å²) in [6, 6.07) is 15.8. The highest BCUT2D eigenvalue weighted by molar-refractivity contribution is 5.71. The highest BCUT2D eigenvalue weighted by Crippen LogP contribution is 2.33. The van der Waals surface area contributed by atoms with Crippen molar-refractivity contribution in [3.8, 4) is 28.4 Å². The van der Waals surface area contributed by atoms with Crippen molar-refractivity contribution in [2.75, 3.05) is 6.61 Å². The molecule has 0 amide bonds. The fourth-order valence-corrected chi connectivity index (χ4v) is 3.25. The number of benzene rings is 2. The number of fused-ring (bicyclic) bond motifs is 1. The predicted octanol–water partition coefficient (Wildman–Crippen LogP) is 4.81. The van der Waals surface area contributed by atoms with Crippen molar-refractivity contribution in [3.63, 3.8) is 0 Å². The molecule has 3 aromatic rings.